The third-order valence-electron chi connectivity index (χ3n) is 6.98. The highest BCUT2D eigenvalue weighted by molar-refractivity contribution is 7.89. The summed E-state index contributed by atoms with van der Waals surface area (Å²) in [6.07, 6.45) is 6.39. The van der Waals surface area contributed by atoms with Crippen molar-refractivity contribution in [2.24, 2.45) is 5.92 Å². The molecule has 2 saturated heterocycles. The average molecular weight is 464 g/mol. The number of rotatable bonds is 6. The van der Waals surface area contributed by atoms with E-state index < -0.39 is 10.0 Å². The number of benzene rings is 1. The Morgan fingerprint density at radius 3 is 2.38 bits per heavy atom. The van der Waals surface area contributed by atoms with Gasteiger partial charge in [-0.3, -0.25) is 9.69 Å². The smallest absolute Gasteiger partial charge is 0.253 e. The molecule has 0 spiro atoms. The summed E-state index contributed by atoms with van der Waals surface area (Å²) in [7, 11) is -3.60. The molecule has 3 fully saturated rings. The van der Waals surface area contributed by atoms with Gasteiger partial charge in [0.25, 0.3) is 5.91 Å². The van der Waals surface area contributed by atoms with Crippen molar-refractivity contribution < 1.29 is 17.9 Å². The number of nitrogens with zero attached hydrogens (tertiary/aromatic N) is 2. The first-order valence-corrected chi connectivity index (χ1v) is 13.6. The van der Waals surface area contributed by atoms with E-state index in [-0.39, 0.29) is 29.1 Å². The van der Waals surface area contributed by atoms with Crippen LogP contribution in [-0.2, 0) is 14.8 Å². The van der Waals surface area contributed by atoms with E-state index in [1.54, 1.807) is 18.2 Å². The molecule has 32 heavy (non-hydrogen) atoms. The first-order valence-electron chi connectivity index (χ1n) is 12.1. The molecule has 4 rings (SSSR count). The number of hydrogen-bond donors (Lipinski definition) is 1. The van der Waals surface area contributed by atoms with Gasteiger partial charge in [0.05, 0.1) is 17.1 Å². The summed E-state index contributed by atoms with van der Waals surface area (Å²) in [4.78, 5) is 17.6. The number of nitrogens with one attached hydrogen (secondary N) is 1. The number of likely N-dealkylation sites (tertiary alicyclic amines) is 1. The summed E-state index contributed by atoms with van der Waals surface area (Å²) in [5.41, 5.74) is 0.452. The summed E-state index contributed by atoms with van der Waals surface area (Å²) >= 11 is 0. The quantitative estimate of drug-likeness (QED) is 0.702. The lowest BCUT2D eigenvalue weighted by molar-refractivity contribution is -0.0728. The number of piperidine rings is 1. The fraction of sp³-hybridized carbons (Fsp3) is 0.708. The van der Waals surface area contributed by atoms with Gasteiger partial charge in [-0.2, -0.15) is 0 Å². The van der Waals surface area contributed by atoms with E-state index in [1.807, 2.05) is 4.90 Å². The first kappa shape index (κ1) is 23.7. The highest BCUT2D eigenvalue weighted by Gasteiger charge is 2.29. The number of sulfonamides is 1. The fourth-order valence-electron chi connectivity index (χ4n) is 5.43. The van der Waals surface area contributed by atoms with Crippen LogP contribution in [0.4, 0.5) is 0 Å². The third-order valence-corrected chi connectivity index (χ3v) is 8.50. The lowest BCUT2D eigenvalue weighted by Crippen LogP contribution is -2.48. The number of morpholine rings is 1. The van der Waals surface area contributed by atoms with E-state index in [9.17, 15) is 13.2 Å². The van der Waals surface area contributed by atoms with Crippen LogP contribution in [0.1, 0.15) is 62.7 Å². The van der Waals surface area contributed by atoms with Crippen LogP contribution in [0, 0.1) is 5.92 Å². The van der Waals surface area contributed by atoms with Crippen LogP contribution in [0.5, 0.6) is 0 Å². The molecule has 2 aliphatic heterocycles. The Kier molecular flexibility index (Phi) is 7.54. The molecule has 1 N–H and O–H groups in total. The molecule has 1 aromatic carbocycles. The van der Waals surface area contributed by atoms with Gasteiger partial charge >= 0.3 is 0 Å². The molecule has 2 unspecified atom stereocenters. The minimum atomic E-state index is -3.60. The number of ether oxygens (including phenoxy) is 1. The van der Waals surface area contributed by atoms with Gasteiger partial charge in [-0.25, -0.2) is 13.1 Å². The standard InChI is InChI=1S/C24H37N3O4S/c1-18-15-26(16-19(2)31-18)17-20-10-12-27(13-11-20)24(28)21-6-5-9-23(14-21)32(29,30)25-22-7-3-4-8-22/h5-6,9,14,18-20,22,25H,3-4,7-8,10-13,15-17H2,1-2H3. The zero-order valence-corrected chi connectivity index (χ0v) is 20.1. The molecule has 3 aliphatic rings. The Morgan fingerprint density at radius 2 is 1.72 bits per heavy atom. The Bertz CT molecular complexity index is 882. The van der Waals surface area contributed by atoms with E-state index in [0.717, 1.165) is 71.2 Å². The van der Waals surface area contributed by atoms with Crippen LogP contribution in [0.3, 0.4) is 0 Å². The van der Waals surface area contributed by atoms with E-state index in [1.165, 1.54) is 6.07 Å². The lowest BCUT2D eigenvalue weighted by Gasteiger charge is -2.39. The molecule has 178 valence electrons. The van der Waals surface area contributed by atoms with Crippen molar-refractivity contribution in [1.29, 1.82) is 0 Å². The number of carbonyl (C=O) groups is 1. The topological polar surface area (TPSA) is 79.0 Å². The normalized spacial score (nSPS) is 26.5. The predicted octanol–water partition coefficient (Wildman–Crippen LogP) is 2.87. The Hall–Kier alpha value is -1.48. The Labute approximate surface area is 192 Å². The molecule has 0 aromatic heterocycles. The molecular formula is C24H37N3O4S. The lowest BCUT2D eigenvalue weighted by atomic mass is 9.95. The van der Waals surface area contributed by atoms with Crippen molar-refractivity contribution in [3.63, 3.8) is 0 Å². The van der Waals surface area contributed by atoms with Gasteiger partial charge in [-0.15, -0.1) is 0 Å². The SMILES string of the molecule is CC1CN(CC2CCN(C(=O)c3cccc(S(=O)(=O)NC4CCCC4)c3)CC2)CC(C)O1. The van der Waals surface area contributed by atoms with Crippen LogP contribution in [-0.4, -0.2) is 75.1 Å². The number of amides is 1. The highest BCUT2D eigenvalue weighted by Crippen LogP contribution is 2.24. The average Bonchev–Trinajstić information content (AvgIpc) is 3.25. The van der Waals surface area contributed by atoms with Crippen LogP contribution < -0.4 is 4.72 Å². The van der Waals surface area contributed by atoms with E-state index in [4.69, 9.17) is 4.74 Å². The number of carbonyl (C=O) groups excluding carboxylic acids is 1. The molecule has 1 aliphatic carbocycles. The second-order valence-corrected chi connectivity index (χ2v) is 11.6. The predicted molar refractivity (Wildman–Crippen MR) is 124 cm³/mol. The maximum Gasteiger partial charge on any atom is 0.253 e. The molecule has 7 nitrogen and oxygen atoms in total. The first-order chi connectivity index (χ1) is 15.3. The maximum atomic E-state index is 13.1. The molecule has 2 atom stereocenters. The monoisotopic (exact) mass is 463 g/mol. The van der Waals surface area contributed by atoms with E-state index in [0.29, 0.717) is 11.5 Å². The largest absolute Gasteiger partial charge is 0.373 e. The van der Waals surface area contributed by atoms with E-state index in [2.05, 4.69) is 23.5 Å². The van der Waals surface area contributed by atoms with E-state index >= 15 is 0 Å². The molecule has 1 saturated carbocycles. The summed E-state index contributed by atoms with van der Waals surface area (Å²) < 4.78 is 34.2. The summed E-state index contributed by atoms with van der Waals surface area (Å²) in [5.74, 6) is 0.508. The summed E-state index contributed by atoms with van der Waals surface area (Å²) in [6.45, 7) is 8.69. The van der Waals surface area contributed by atoms with Crippen molar-refractivity contribution in [1.82, 2.24) is 14.5 Å². The van der Waals surface area contributed by atoms with Crippen LogP contribution in [0.25, 0.3) is 0 Å². The van der Waals surface area contributed by atoms with Gasteiger partial charge in [0.15, 0.2) is 0 Å². The van der Waals surface area contributed by atoms with Crippen LogP contribution in [0.15, 0.2) is 29.2 Å². The maximum absolute atomic E-state index is 13.1. The van der Waals surface area contributed by atoms with Gasteiger partial charge in [-0.1, -0.05) is 18.9 Å². The van der Waals surface area contributed by atoms with Crippen LogP contribution in [0.2, 0.25) is 0 Å². The zero-order valence-electron chi connectivity index (χ0n) is 19.3. The van der Waals surface area contributed by atoms with Crippen molar-refractivity contribution in [3.05, 3.63) is 29.8 Å². The van der Waals surface area contributed by atoms with Gasteiger partial charge in [0, 0.05) is 44.3 Å². The Balaban J connectivity index is 1.32. The van der Waals surface area contributed by atoms with Gasteiger partial charge in [-0.05, 0) is 63.6 Å². The van der Waals surface area contributed by atoms with Gasteiger partial charge < -0.3 is 9.64 Å². The third kappa shape index (κ3) is 5.90. The minimum Gasteiger partial charge on any atom is -0.373 e. The summed E-state index contributed by atoms with van der Waals surface area (Å²) in [5, 5.41) is 0. The fourth-order valence-corrected chi connectivity index (χ4v) is 6.78. The second-order valence-electron chi connectivity index (χ2n) is 9.84. The van der Waals surface area contributed by atoms with Crippen molar-refractivity contribution in [3.8, 4) is 0 Å². The molecule has 0 radical (unpaired) electrons. The minimum absolute atomic E-state index is 0.0100. The second kappa shape index (κ2) is 10.2. The molecule has 0 bridgehead atoms. The Morgan fingerprint density at radius 1 is 1.06 bits per heavy atom. The van der Waals surface area contributed by atoms with Crippen LogP contribution >= 0.6 is 0 Å². The molecule has 1 amide bonds. The molecule has 8 heteroatoms. The molecule has 2 heterocycles. The highest BCUT2D eigenvalue weighted by atomic mass is 32.2. The van der Waals surface area contributed by atoms with Gasteiger partial charge in [0.1, 0.15) is 0 Å². The van der Waals surface area contributed by atoms with Crippen molar-refractivity contribution in [2.75, 3.05) is 32.7 Å². The molecular weight excluding hydrogens is 426 g/mol. The zero-order chi connectivity index (χ0) is 22.7. The van der Waals surface area contributed by atoms with Crippen molar-refractivity contribution in [2.45, 2.75) is 75.5 Å². The van der Waals surface area contributed by atoms with Crippen molar-refractivity contribution >= 4 is 15.9 Å². The summed E-state index contributed by atoms with van der Waals surface area (Å²) in [6, 6.07) is 6.51. The molecule has 1 aromatic rings. The number of hydrogen-bond acceptors (Lipinski definition) is 5. The van der Waals surface area contributed by atoms with Gasteiger partial charge in [0.2, 0.25) is 10.0 Å².